The van der Waals surface area contributed by atoms with Gasteiger partial charge in [-0.3, -0.25) is 9.79 Å². The second-order valence-corrected chi connectivity index (χ2v) is 6.19. The summed E-state index contributed by atoms with van der Waals surface area (Å²) < 4.78 is 5.17. The van der Waals surface area contributed by atoms with E-state index in [0.717, 1.165) is 22.6 Å². The third-order valence-electron chi connectivity index (χ3n) is 4.47. The number of amides is 1. The number of rotatable bonds is 5. The highest BCUT2D eigenvalue weighted by Gasteiger charge is 2.24. The van der Waals surface area contributed by atoms with Crippen LogP contribution in [0.3, 0.4) is 0 Å². The van der Waals surface area contributed by atoms with E-state index in [1.54, 1.807) is 14.2 Å². The number of aliphatic imine (C=N–C) groups is 1. The number of para-hydroxylation sites is 1. The van der Waals surface area contributed by atoms with E-state index in [9.17, 15) is 4.79 Å². The van der Waals surface area contributed by atoms with Crippen LogP contribution in [-0.2, 0) is 11.3 Å². The van der Waals surface area contributed by atoms with Gasteiger partial charge in [-0.1, -0.05) is 30.3 Å². The van der Waals surface area contributed by atoms with Crippen molar-refractivity contribution in [1.82, 2.24) is 10.6 Å². The number of ether oxygens (including phenoxy) is 1. The molecule has 2 aromatic carbocycles. The Hall–Kier alpha value is -3.02. The summed E-state index contributed by atoms with van der Waals surface area (Å²) in [5.74, 6) is 1.73. The molecule has 2 aromatic rings. The molecule has 0 saturated carbocycles. The molecule has 3 N–H and O–H groups in total. The molecule has 1 aliphatic heterocycles. The second kappa shape index (κ2) is 8.38. The molecule has 0 radical (unpaired) electrons. The Bertz CT molecular complexity index is 787. The van der Waals surface area contributed by atoms with Gasteiger partial charge in [-0.05, 0) is 29.3 Å². The van der Waals surface area contributed by atoms with Gasteiger partial charge in [0, 0.05) is 38.2 Å². The van der Waals surface area contributed by atoms with E-state index >= 15 is 0 Å². The first-order valence-electron chi connectivity index (χ1n) is 8.66. The van der Waals surface area contributed by atoms with Crippen LogP contribution >= 0.6 is 0 Å². The lowest BCUT2D eigenvalue weighted by molar-refractivity contribution is -0.116. The van der Waals surface area contributed by atoms with Crippen molar-refractivity contribution >= 4 is 17.6 Å². The number of carbonyl (C=O) groups is 1. The number of anilines is 1. The van der Waals surface area contributed by atoms with Crippen LogP contribution in [0.25, 0.3) is 0 Å². The van der Waals surface area contributed by atoms with Crippen LogP contribution in [-0.4, -0.2) is 32.6 Å². The Kier molecular flexibility index (Phi) is 5.73. The SMILES string of the molecule is CN=C(NCc1ccc(OC)cc1)NCC1CC(=O)Nc2ccccc21. The molecule has 26 heavy (non-hydrogen) atoms. The summed E-state index contributed by atoms with van der Waals surface area (Å²) in [6.45, 7) is 1.30. The molecule has 1 heterocycles. The monoisotopic (exact) mass is 352 g/mol. The standard InChI is InChI=1S/C20H24N4O2/c1-21-20(22-12-14-7-9-16(26-2)10-8-14)23-13-15-11-19(25)24-18-6-4-3-5-17(15)18/h3-10,15H,11-13H2,1-2H3,(H,24,25)(H2,21,22,23). The lowest BCUT2D eigenvalue weighted by Crippen LogP contribution is -2.40. The smallest absolute Gasteiger partial charge is 0.225 e. The van der Waals surface area contributed by atoms with E-state index in [4.69, 9.17) is 4.74 Å². The van der Waals surface area contributed by atoms with Gasteiger partial charge >= 0.3 is 0 Å². The van der Waals surface area contributed by atoms with E-state index in [2.05, 4.69) is 27.0 Å². The fraction of sp³-hybridized carbons (Fsp3) is 0.300. The minimum absolute atomic E-state index is 0.0525. The van der Waals surface area contributed by atoms with Crippen LogP contribution < -0.4 is 20.7 Å². The zero-order valence-electron chi connectivity index (χ0n) is 15.1. The van der Waals surface area contributed by atoms with Crippen LogP contribution in [0.5, 0.6) is 5.75 Å². The van der Waals surface area contributed by atoms with Crippen LogP contribution in [0.1, 0.15) is 23.5 Å². The number of nitrogens with one attached hydrogen (secondary N) is 3. The fourth-order valence-electron chi connectivity index (χ4n) is 3.05. The van der Waals surface area contributed by atoms with E-state index in [1.807, 2.05) is 42.5 Å². The van der Waals surface area contributed by atoms with E-state index in [1.165, 1.54) is 0 Å². The average Bonchev–Trinajstić information content (AvgIpc) is 2.68. The van der Waals surface area contributed by atoms with Crippen LogP contribution in [0.15, 0.2) is 53.5 Å². The summed E-state index contributed by atoms with van der Waals surface area (Å²) in [5.41, 5.74) is 3.19. The van der Waals surface area contributed by atoms with Gasteiger partial charge < -0.3 is 20.7 Å². The third kappa shape index (κ3) is 4.33. The Balaban J connectivity index is 1.56. The van der Waals surface area contributed by atoms with Crippen molar-refractivity contribution < 1.29 is 9.53 Å². The molecule has 1 unspecified atom stereocenters. The molecule has 0 aromatic heterocycles. The number of hydrogen-bond acceptors (Lipinski definition) is 3. The normalized spacial score (nSPS) is 16.5. The molecular weight excluding hydrogens is 328 g/mol. The van der Waals surface area contributed by atoms with Gasteiger partial charge in [0.2, 0.25) is 5.91 Å². The largest absolute Gasteiger partial charge is 0.497 e. The number of hydrogen-bond donors (Lipinski definition) is 3. The van der Waals surface area contributed by atoms with E-state index in [-0.39, 0.29) is 11.8 Å². The van der Waals surface area contributed by atoms with Crippen LogP contribution in [0.2, 0.25) is 0 Å². The van der Waals surface area contributed by atoms with Crippen molar-refractivity contribution in [3.8, 4) is 5.75 Å². The van der Waals surface area contributed by atoms with Gasteiger partial charge in [0.25, 0.3) is 0 Å². The highest BCUT2D eigenvalue weighted by Crippen LogP contribution is 2.31. The maximum Gasteiger partial charge on any atom is 0.225 e. The van der Waals surface area contributed by atoms with Crippen molar-refractivity contribution in [1.29, 1.82) is 0 Å². The lowest BCUT2D eigenvalue weighted by Gasteiger charge is -2.26. The van der Waals surface area contributed by atoms with Crippen LogP contribution in [0.4, 0.5) is 5.69 Å². The summed E-state index contributed by atoms with van der Waals surface area (Å²) in [5, 5.41) is 9.55. The topological polar surface area (TPSA) is 74.8 Å². The minimum atomic E-state index is 0.0525. The summed E-state index contributed by atoms with van der Waals surface area (Å²) in [7, 11) is 3.40. The molecule has 1 amide bonds. The molecule has 0 fully saturated rings. The maximum absolute atomic E-state index is 11.9. The zero-order valence-corrected chi connectivity index (χ0v) is 15.1. The van der Waals surface area contributed by atoms with E-state index < -0.39 is 0 Å². The van der Waals surface area contributed by atoms with Crippen molar-refractivity contribution in [2.75, 3.05) is 26.0 Å². The predicted molar refractivity (Wildman–Crippen MR) is 104 cm³/mol. The molecule has 1 atom stereocenters. The first-order valence-corrected chi connectivity index (χ1v) is 8.66. The number of guanidine groups is 1. The molecule has 6 nitrogen and oxygen atoms in total. The van der Waals surface area contributed by atoms with Crippen molar-refractivity contribution in [3.05, 3.63) is 59.7 Å². The molecular formula is C20H24N4O2. The Morgan fingerprint density at radius 3 is 2.69 bits per heavy atom. The average molecular weight is 352 g/mol. The highest BCUT2D eigenvalue weighted by atomic mass is 16.5. The zero-order chi connectivity index (χ0) is 18.4. The van der Waals surface area contributed by atoms with E-state index in [0.29, 0.717) is 25.5 Å². The van der Waals surface area contributed by atoms with Gasteiger partial charge in [-0.2, -0.15) is 0 Å². The molecule has 0 aliphatic carbocycles. The quantitative estimate of drug-likeness (QED) is 0.571. The number of methoxy groups -OCH3 is 1. The Morgan fingerprint density at radius 2 is 1.96 bits per heavy atom. The lowest BCUT2D eigenvalue weighted by atomic mass is 9.90. The molecule has 1 aliphatic rings. The van der Waals surface area contributed by atoms with Crippen molar-refractivity contribution in [2.24, 2.45) is 4.99 Å². The predicted octanol–water partition coefficient (Wildman–Crippen LogP) is 2.49. The van der Waals surface area contributed by atoms with Gasteiger partial charge in [-0.25, -0.2) is 0 Å². The molecule has 3 rings (SSSR count). The number of fused-ring (bicyclic) bond motifs is 1. The van der Waals surface area contributed by atoms with Gasteiger partial charge in [0.1, 0.15) is 5.75 Å². The second-order valence-electron chi connectivity index (χ2n) is 6.19. The number of benzene rings is 2. The molecule has 136 valence electrons. The van der Waals surface area contributed by atoms with Gasteiger partial charge in [-0.15, -0.1) is 0 Å². The summed E-state index contributed by atoms with van der Waals surface area (Å²) >= 11 is 0. The van der Waals surface area contributed by atoms with Crippen molar-refractivity contribution in [2.45, 2.75) is 18.9 Å². The van der Waals surface area contributed by atoms with Crippen molar-refractivity contribution in [3.63, 3.8) is 0 Å². The first-order chi connectivity index (χ1) is 12.7. The molecule has 0 bridgehead atoms. The maximum atomic E-state index is 11.9. The van der Waals surface area contributed by atoms with Gasteiger partial charge in [0.15, 0.2) is 5.96 Å². The summed E-state index contributed by atoms with van der Waals surface area (Å²) in [6, 6.07) is 15.8. The fourth-order valence-corrected chi connectivity index (χ4v) is 3.05. The number of carbonyl (C=O) groups excluding carboxylic acids is 1. The van der Waals surface area contributed by atoms with Gasteiger partial charge in [0.05, 0.1) is 7.11 Å². The van der Waals surface area contributed by atoms with Crippen LogP contribution in [0, 0.1) is 0 Å². The summed E-state index contributed by atoms with van der Waals surface area (Å²) in [4.78, 5) is 16.2. The molecule has 0 saturated heterocycles. The summed E-state index contributed by atoms with van der Waals surface area (Å²) in [6.07, 6.45) is 0.472. The highest BCUT2D eigenvalue weighted by molar-refractivity contribution is 5.94. The molecule has 0 spiro atoms. The molecule has 6 heteroatoms. The Morgan fingerprint density at radius 1 is 1.19 bits per heavy atom. The Labute approximate surface area is 153 Å². The number of nitrogens with zero attached hydrogens (tertiary/aromatic N) is 1. The first kappa shape index (κ1) is 17.8. The minimum Gasteiger partial charge on any atom is -0.497 e. The third-order valence-corrected chi connectivity index (χ3v) is 4.47.